The predicted octanol–water partition coefficient (Wildman–Crippen LogP) is 4.17. The molecule has 6 heteroatoms. The van der Waals surface area contributed by atoms with Gasteiger partial charge in [-0.05, 0) is 36.8 Å². The second kappa shape index (κ2) is 9.54. The minimum absolute atomic E-state index is 0.551. The molecular formula is C21H24N4O2. The minimum Gasteiger partial charge on any atom is -0.489 e. The van der Waals surface area contributed by atoms with Gasteiger partial charge in [0.15, 0.2) is 0 Å². The van der Waals surface area contributed by atoms with Crippen LogP contribution in [-0.2, 0) is 11.3 Å². The predicted molar refractivity (Wildman–Crippen MR) is 108 cm³/mol. The molecule has 2 aromatic carbocycles. The number of ether oxygens (including phenoxy) is 2. The number of hydrogen-bond donors (Lipinski definition) is 2. The lowest BCUT2D eigenvalue weighted by Gasteiger charge is -2.11. The number of nitrogens with zero attached hydrogens (tertiary/aromatic N) is 2. The van der Waals surface area contributed by atoms with E-state index in [9.17, 15) is 0 Å². The smallest absolute Gasteiger partial charge is 0.224 e. The molecule has 6 nitrogen and oxygen atoms in total. The van der Waals surface area contributed by atoms with Gasteiger partial charge in [0.1, 0.15) is 18.2 Å². The summed E-state index contributed by atoms with van der Waals surface area (Å²) in [6, 6.07) is 19.8. The zero-order chi connectivity index (χ0) is 18.9. The van der Waals surface area contributed by atoms with Gasteiger partial charge in [-0.15, -0.1) is 0 Å². The molecule has 0 aliphatic heterocycles. The van der Waals surface area contributed by atoms with E-state index in [-0.39, 0.29) is 0 Å². The van der Waals surface area contributed by atoms with E-state index in [4.69, 9.17) is 9.47 Å². The monoisotopic (exact) mass is 364 g/mol. The van der Waals surface area contributed by atoms with Gasteiger partial charge in [0.05, 0.1) is 6.61 Å². The molecule has 0 atom stereocenters. The van der Waals surface area contributed by atoms with Crippen molar-refractivity contribution >= 4 is 17.5 Å². The van der Waals surface area contributed by atoms with Gasteiger partial charge in [-0.2, -0.15) is 4.98 Å². The Kier molecular flexibility index (Phi) is 6.60. The Morgan fingerprint density at radius 1 is 0.963 bits per heavy atom. The summed E-state index contributed by atoms with van der Waals surface area (Å²) in [6.45, 7) is 3.75. The molecule has 2 N–H and O–H groups in total. The van der Waals surface area contributed by atoms with Crippen molar-refractivity contribution in [3.05, 3.63) is 71.9 Å². The molecule has 0 radical (unpaired) electrons. The van der Waals surface area contributed by atoms with E-state index in [0.717, 1.165) is 28.5 Å². The number of nitrogens with one attached hydrogen (secondary N) is 2. The average Bonchev–Trinajstić information content (AvgIpc) is 2.68. The summed E-state index contributed by atoms with van der Waals surface area (Å²) in [4.78, 5) is 8.86. The van der Waals surface area contributed by atoms with Crippen LogP contribution in [0.2, 0.25) is 0 Å². The first-order valence-corrected chi connectivity index (χ1v) is 8.85. The number of benzene rings is 2. The van der Waals surface area contributed by atoms with Crippen LogP contribution in [0.3, 0.4) is 0 Å². The van der Waals surface area contributed by atoms with Crippen molar-refractivity contribution in [3.8, 4) is 5.75 Å². The lowest BCUT2D eigenvalue weighted by atomic mass is 10.2. The van der Waals surface area contributed by atoms with Gasteiger partial charge < -0.3 is 20.1 Å². The van der Waals surface area contributed by atoms with Crippen LogP contribution in [0.15, 0.2) is 60.7 Å². The molecule has 0 saturated carbocycles. The Morgan fingerprint density at radius 2 is 1.74 bits per heavy atom. The third kappa shape index (κ3) is 5.97. The molecule has 3 rings (SSSR count). The van der Waals surface area contributed by atoms with Crippen molar-refractivity contribution in [3.63, 3.8) is 0 Å². The van der Waals surface area contributed by atoms with Crippen molar-refractivity contribution < 1.29 is 9.47 Å². The van der Waals surface area contributed by atoms with Gasteiger partial charge in [0.2, 0.25) is 5.95 Å². The second-order valence-electron chi connectivity index (χ2n) is 6.06. The van der Waals surface area contributed by atoms with E-state index in [1.54, 1.807) is 7.11 Å². The first-order valence-electron chi connectivity index (χ1n) is 8.85. The first-order chi connectivity index (χ1) is 13.2. The maximum Gasteiger partial charge on any atom is 0.224 e. The van der Waals surface area contributed by atoms with E-state index >= 15 is 0 Å². The van der Waals surface area contributed by atoms with Gasteiger partial charge in [-0.1, -0.05) is 30.3 Å². The molecule has 0 unspecified atom stereocenters. The standard InChI is InChI=1S/C21H24N4O2/c1-16-14-20(25-21(23-16)22-12-13-26-2)24-18-8-10-19(11-9-18)27-15-17-6-4-3-5-7-17/h3-11,14H,12-13,15H2,1-2H3,(H2,22,23,24,25). The maximum atomic E-state index is 5.82. The summed E-state index contributed by atoms with van der Waals surface area (Å²) in [5.41, 5.74) is 2.96. The maximum absolute atomic E-state index is 5.82. The molecule has 140 valence electrons. The van der Waals surface area contributed by atoms with Crippen LogP contribution in [0.1, 0.15) is 11.3 Å². The third-order valence-electron chi connectivity index (χ3n) is 3.82. The van der Waals surface area contributed by atoms with Gasteiger partial charge in [-0.3, -0.25) is 0 Å². The molecule has 3 aromatic rings. The van der Waals surface area contributed by atoms with Crippen molar-refractivity contribution in [2.24, 2.45) is 0 Å². The zero-order valence-electron chi connectivity index (χ0n) is 15.6. The highest BCUT2D eigenvalue weighted by Gasteiger charge is 2.03. The summed E-state index contributed by atoms with van der Waals surface area (Å²) in [5.74, 6) is 2.14. The van der Waals surface area contributed by atoms with Crippen LogP contribution in [-0.4, -0.2) is 30.2 Å². The Hall–Kier alpha value is -3.12. The van der Waals surface area contributed by atoms with Crippen LogP contribution in [0.25, 0.3) is 0 Å². The average molecular weight is 364 g/mol. The zero-order valence-corrected chi connectivity index (χ0v) is 15.6. The van der Waals surface area contributed by atoms with E-state index in [0.29, 0.717) is 25.7 Å². The molecule has 0 bridgehead atoms. The quantitative estimate of drug-likeness (QED) is 0.556. The van der Waals surface area contributed by atoms with Gasteiger partial charge in [-0.25, -0.2) is 4.98 Å². The number of aromatic nitrogens is 2. The van der Waals surface area contributed by atoms with E-state index in [2.05, 4.69) is 20.6 Å². The van der Waals surface area contributed by atoms with Crippen LogP contribution in [0, 0.1) is 6.92 Å². The molecule has 0 aliphatic rings. The third-order valence-corrected chi connectivity index (χ3v) is 3.82. The summed E-state index contributed by atoms with van der Waals surface area (Å²) in [6.07, 6.45) is 0. The highest BCUT2D eigenvalue weighted by molar-refractivity contribution is 5.58. The lowest BCUT2D eigenvalue weighted by molar-refractivity contribution is 0.210. The number of aryl methyl sites for hydroxylation is 1. The van der Waals surface area contributed by atoms with E-state index in [1.807, 2.05) is 67.6 Å². The molecule has 0 spiro atoms. The second-order valence-corrected chi connectivity index (χ2v) is 6.06. The minimum atomic E-state index is 0.551. The molecule has 0 saturated heterocycles. The summed E-state index contributed by atoms with van der Waals surface area (Å²) in [7, 11) is 1.67. The van der Waals surface area contributed by atoms with E-state index in [1.165, 1.54) is 0 Å². The highest BCUT2D eigenvalue weighted by Crippen LogP contribution is 2.21. The molecule has 0 fully saturated rings. The Morgan fingerprint density at radius 3 is 2.48 bits per heavy atom. The molecule has 0 amide bonds. The topological polar surface area (TPSA) is 68.3 Å². The fraction of sp³-hybridized carbons (Fsp3) is 0.238. The molecule has 1 heterocycles. The largest absolute Gasteiger partial charge is 0.489 e. The van der Waals surface area contributed by atoms with Gasteiger partial charge in [0, 0.05) is 31.1 Å². The number of rotatable bonds is 9. The van der Waals surface area contributed by atoms with Gasteiger partial charge >= 0.3 is 0 Å². The van der Waals surface area contributed by atoms with E-state index < -0.39 is 0 Å². The summed E-state index contributed by atoms with van der Waals surface area (Å²) >= 11 is 0. The van der Waals surface area contributed by atoms with Crippen molar-refractivity contribution in [2.75, 3.05) is 30.9 Å². The number of hydrogen-bond acceptors (Lipinski definition) is 6. The molecular weight excluding hydrogens is 340 g/mol. The van der Waals surface area contributed by atoms with Crippen LogP contribution in [0.4, 0.5) is 17.5 Å². The summed E-state index contributed by atoms with van der Waals surface area (Å²) < 4.78 is 10.8. The van der Waals surface area contributed by atoms with Crippen molar-refractivity contribution in [2.45, 2.75) is 13.5 Å². The molecule has 27 heavy (non-hydrogen) atoms. The fourth-order valence-electron chi connectivity index (χ4n) is 2.50. The van der Waals surface area contributed by atoms with Crippen LogP contribution < -0.4 is 15.4 Å². The lowest BCUT2D eigenvalue weighted by Crippen LogP contribution is -2.11. The van der Waals surface area contributed by atoms with Gasteiger partial charge in [0.25, 0.3) is 0 Å². The fourth-order valence-corrected chi connectivity index (χ4v) is 2.50. The van der Waals surface area contributed by atoms with Crippen LogP contribution in [0.5, 0.6) is 5.75 Å². The Labute approximate surface area is 159 Å². The highest BCUT2D eigenvalue weighted by atomic mass is 16.5. The number of anilines is 3. The molecule has 0 aliphatic carbocycles. The normalized spacial score (nSPS) is 10.4. The van der Waals surface area contributed by atoms with Crippen molar-refractivity contribution in [1.29, 1.82) is 0 Å². The number of methoxy groups -OCH3 is 1. The Bertz CT molecular complexity index is 839. The Balaban J connectivity index is 1.59. The van der Waals surface area contributed by atoms with Crippen molar-refractivity contribution in [1.82, 2.24) is 9.97 Å². The SMILES string of the molecule is COCCNc1nc(C)cc(Nc2ccc(OCc3ccccc3)cc2)n1. The summed E-state index contributed by atoms with van der Waals surface area (Å²) in [5, 5.41) is 6.45. The molecule has 1 aromatic heterocycles. The van der Waals surface area contributed by atoms with Crippen LogP contribution >= 0.6 is 0 Å². The first kappa shape index (κ1) is 18.7.